The molecule has 0 aliphatic heterocycles. The zero-order valence-electron chi connectivity index (χ0n) is 8.98. The molecule has 1 aromatic heterocycles. The van der Waals surface area contributed by atoms with Gasteiger partial charge in [0.2, 0.25) is 0 Å². The van der Waals surface area contributed by atoms with E-state index in [1.54, 1.807) is 16.7 Å². The SMILES string of the molecule is Cc1cccc(=O)n1Cc1ccc(Br)cc1. The van der Waals surface area contributed by atoms with Crippen molar-refractivity contribution in [1.29, 1.82) is 0 Å². The third-order valence-corrected chi connectivity index (χ3v) is 3.05. The fourth-order valence-electron chi connectivity index (χ4n) is 1.60. The molecule has 0 saturated carbocycles. The maximum absolute atomic E-state index is 11.7. The molecule has 0 aliphatic rings. The van der Waals surface area contributed by atoms with Crippen LogP contribution >= 0.6 is 15.9 Å². The molecule has 16 heavy (non-hydrogen) atoms. The highest BCUT2D eigenvalue weighted by molar-refractivity contribution is 9.10. The highest BCUT2D eigenvalue weighted by Gasteiger charge is 2.00. The van der Waals surface area contributed by atoms with E-state index in [4.69, 9.17) is 0 Å². The van der Waals surface area contributed by atoms with E-state index in [0.29, 0.717) is 6.54 Å². The molecule has 0 saturated heterocycles. The van der Waals surface area contributed by atoms with Gasteiger partial charge in [0.15, 0.2) is 0 Å². The van der Waals surface area contributed by atoms with E-state index in [-0.39, 0.29) is 5.56 Å². The summed E-state index contributed by atoms with van der Waals surface area (Å²) < 4.78 is 2.82. The number of hydrogen-bond acceptors (Lipinski definition) is 1. The number of benzene rings is 1. The number of halogens is 1. The van der Waals surface area contributed by atoms with Crippen LogP contribution in [0.3, 0.4) is 0 Å². The van der Waals surface area contributed by atoms with Gasteiger partial charge in [-0.1, -0.05) is 34.1 Å². The van der Waals surface area contributed by atoms with Crippen molar-refractivity contribution >= 4 is 15.9 Å². The van der Waals surface area contributed by atoms with Crippen LogP contribution in [-0.2, 0) is 6.54 Å². The fraction of sp³-hybridized carbons (Fsp3) is 0.154. The van der Waals surface area contributed by atoms with Crippen LogP contribution in [0.5, 0.6) is 0 Å². The van der Waals surface area contributed by atoms with Gasteiger partial charge in [0.05, 0.1) is 6.54 Å². The average Bonchev–Trinajstić information content (AvgIpc) is 2.26. The Kier molecular flexibility index (Phi) is 3.25. The van der Waals surface area contributed by atoms with E-state index in [1.807, 2.05) is 37.3 Å². The first-order valence-corrected chi connectivity index (χ1v) is 5.87. The highest BCUT2D eigenvalue weighted by atomic mass is 79.9. The van der Waals surface area contributed by atoms with E-state index < -0.39 is 0 Å². The molecule has 0 unspecified atom stereocenters. The second kappa shape index (κ2) is 4.66. The lowest BCUT2D eigenvalue weighted by Crippen LogP contribution is -2.21. The molecule has 0 aliphatic carbocycles. The van der Waals surface area contributed by atoms with E-state index in [2.05, 4.69) is 15.9 Å². The highest BCUT2D eigenvalue weighted by Crippen LogP contribution is 2.11. The second-order valence-corrected chi connectivity index (χ2v) is 4.63. The summed E-state index contributed by atoms with van der Waals surface area (Å²) in [4.78, 5) is 11.7. The summed E-state index contributed by atoms with van der Waals surface area (Å²) in [7, 11) is 0. The van der Waals surface area contributed by atoms with Crippen molar-refractivity contribution in [1.82, 2.24) is 4.57 Å². The third-order valence-electron chi connectivity index (χ3n) is 2.52. The summed E-state index contributed by atoms with van der Waals surface area (Å²) in [5, 5.41) is 0. The minimum Gasteiger partial charge on any atom is -0.309 e. The lowest BCUT2D eigenvalue weighted by atomic mass is 10.2. The molecule has 0 bridgehead atoms. The van der Waals surface area contributed by atoms with Gasteiger partial charge in [-0.25, -0.2) is 0 Å². The summed E-state index contributed by atoms with van der Waals surface area (Å²) in [6.07, 6.45) is 0. The van der Waals surface area contributed by atoms with Gasteiger partial charge in [-0.2, -0.15) is 0 Å². The standard InChI is InChI=1S/C13H12BrNO/c1-10-3-2-4-13(16)15(10)9-11-5-7-12(14)8-6-11/h2-8H,9H2,1H3. The van der Waals surface area contributed by atoms with Crippen LogP contribution in [-0.4, -0.2) is 4.57 Å². The lowest BCUT2D eigenvalue weighted by molar-refractivity contribution is 0.730. The molecule has 2 nitrogen and oxygen atoms in total. The Morgan fingerprint density at radius 2 is 1.81 bits per heavy atom. The van der Waals surface area contributed by atoms with Gasteiger partial charge in [0.1, 0.15) is 0 Å². The van der Waals surface area contributed by atoms with Crippen LogP contribution in [0.4, 0.5) is 0 Å². The van der Waals surface area contributed by atoms with E-state index in [1.165, 1.54) is 0 Å². The maximum atomic E-state index is 11.7. The fourth-order valence-corrected chi connectivity index (χ4v) is 1.86. The molecule has 0 radical (unpaired) electrons. The number of aromatic nitrogens is 1. The monoisotopic (exact) mass is 277 g/mol. The molecule has 0 fully saturated rings. The Hall–Kier alpha value is -1.35. The van der Waals surface area contributed by atoms with Crippen molar-refractivity contribution in [3.8, 4) is 0 Å². The Bertz CT molecular complexity index is 543. The summed E-state index contributed by atoms with van der Waals surface area (Å²) >= 11 is 3.39. The van der Waals surface area contributed by atoms with Crippen LogP contribution in [0.1, 0.15) is 11.3 Å². The summed E-state index contributed by atoms with van der Waals surface area (Å²) in [6, 6.07) is 13.3. The van der Waals surface area contributed by atoms with Crippen molar-refractivity contribution in [2.45, 2.75) is 13.5 Å². The molecule has 1 aromatic carbocycles. The number of pyridine rings is 1. The third kappa shape index (κ3) is 2.42. The molecule has 0 spiro atoms. The van der Waals surface area contributed by atoms with Gasteiger partial charge in [0, 0.05) is 16.2 Å². The molecule has 2 rings (SSSR count). The van der Waals surface area contributed by atoms with Crippen LogP contribution in [0.25, 0.3) is 0 Å². The molecule has 0 N–H and O–H groups in total. The first kappa shape index (κ1) is 11.1. The zero-order chi connectivity index (χ0) is 11.5. The number of hydrogen-bond donors (Lipinski definition) is 0. The van der Waals surface area contributed by atoms with Crippen molar-refractivity contribution in [3.63, 3.8) is 0 Å². The molecule has 0 atom stereocenters. The quantitative estimate of drug-likeness (QED) is 0.827. The number of rotatable bonds is 2. The van der Waals surface area contributed by atoms with Crippen molar-refractivity contribution < 1.29 is 0 Å². The van der Waals surface area contributed by atoms with E-state index in [9.17, 15) is 4.79 Å². The van der Waals surface area contributed by atoms with E-state index in [0.717, 1.165) is 15.7 Å². The van der Waals surface area contributed by atoms with Crippen LogP contribution in [0, 0.1) is 6.92 Å². The molecular formula is C13H12BrNO. The molecule has 0 amide bonds. The maximum Gasteiger partial charge on any atom is 0.251 e. The topological polar surface area (TPSA) is 22.0 Å². The van der Waals surface area contributed by atoms with Crippen molar-refractivity contribution in [2.24, 2.45) is 0 Å². The first-order valence-electron chi connectivity index (χ1n) is 5.08. The molecule has 1 heterocycles. The predicted molar refractivity (Wildman–Crippen MR) is 68.7 cm³/mol. The van der Waals surface area contributed by atoms with Gasteiger partial charge in [-0.3, -0.25) is 4.79 Å². The van der Waals surface area contributed by atoms with E-state index >= 15 is 0 Å². The largest absolute Gasteiger partial charge is 0.309 e. The Morgan fingerprint density at radius 1 is 1.12 bits per heavy atom. The Labute approximate surface area is 103 Å². The number of aryl methyl sites for hydroxylation is 1. The first-order chi connectivity index (χ1) is 7.66. The summed E-state index contributed by atoms with van der Waals surface area (Å²) in [5.41, 5.74) is 2.15. The molecular weight excluding hydrogens is 266 g/mol. The lowest BCUT2D eigenvalue weighted by Gasteiger charge is -2.09. The van der Waals surface area contributed by atoms with Gasteiger partial charge in [-0.05, 0) is 30.7 Å². The minimum atomic E-state index is 0.0444. The van der Waals surface area contributed by atoms with Gasteiger partial charge < -0.3 is 4.57 Å². The molecule has 3 heteroatoms. The minimum absolute atomic E-state index is 0.0444. The van der Waals surface area contributed by atoms with Gasteiger partial charge >= 0.3 is 0 Å². The normalized spacial score (nSPS) is 10.4. The van der Waals surface area contributed by atoms with Crippen LogP contribution in [0.2, 0.25) is 0 Å². The molecule has 2 aromatic rings. The smallest absolute Gasteiger partial charge is 0.251 e. The molecule has 82 valence electrons. The average molecular weight is 278 g/mol. The summed E-state index contributed by atoms with van der Waals surface area (Å²) in [5.74, 6) is 0. The van der Waals surface area contributed by atoms with Gasteiger partial charge in [0.25, 0.3) is 5.56 Å². The van der Waals surface area contributed by atoms with Crippen molar-refractivity contribution in [2.75, 3.05) is 0 Å². The van der Waals surface area contributed by atoms with Gasteiger partial charge in [-0.15, -0.1) is 0 Å². The Morgan fingerprint density at radius 3 is 2.44 bits per heavy atom. The summed E-state index contributed by atoms with van der Waals surface area (Å²) in [6.45, 7) is 2.57. The zero-order valence-corrected chi connectivity index (χ0v) is 10.6. The van der Waals surface area contributed by atoms with Crippen LogP contribution in [0.15, 0.2) is 51.7 Å². The number of nitrogens with zero attached hydrogens (tertiary/aromatic N) is 1. The predicted octanol–water partition coefficient (Wildman–Crippen LogP) is 2.97. The van der Waals surface area contributed by atoms with Crippen LogP contribution < -0.4 is 5.56 Å². The van der Waals surface area contributed by atoms with Crippen molar-refractivity contribution in [3.05, 3.63) is 68.5 Å². The Balaban J connectivity index is 2.34. The second-order valence-electron chi connectivity index (χ2n) is 3.72.